The third-order valence-electron chi connectivity index (χ3n) is 3.49. The quantitative estimate of drug-likeness (QED) is 0.651. The van der Waals surface area contributed by atoms with Crippen molar-refractivity contribution in [2.24, 2.45) is 0 Å². The number of nitrogens with zero attached hydrogens (tertiary/aromatic N) is 1. The summed E-state index contributed by atoms with van der Waals surface area (Å²) in [5, 5.41) is 5.03. The smallest absolute Gasteiger partial charge is 0.0775 e. The van der Waals surface area contributed by atoms with E-state index in [4.69, 9.17) is 0 Å². The van der Waals surface area contributed by atoms with Crippen molar-refractivity contribution in [3.63, 3.8) is 0 Å². The number of nitrogens with one attached hydrogen (secondary N) is 1. The van der Waals surface area contributed by atoms with Crippen molar-refractivity contribution in [2.75, 3.05) is 6.54 Å². The molecule has 0 saturated heterocycles. The van der Waals surface area contributed by atoms with E-state index in [2.05, 4.69) is 66.3 Å². The second-order valence-corrected chi connectivity index (χ2v) is 11.3. The molecule has 1 aromatic carbocycles. The lowest BCUT2D eigenvalue weighted by Gasteiger charge is -2.16. The van der Waals surface area contributed by atoms with Crippen molar-refractivity contribution < 1.29 is 0 Å². The molecule has 2 rings (SSSR count). The Morgan fingerprint density at radius 3 is 2.15 bits per heavy atom. The molecule has 1 N–H and O–H groups in total. The first-order valence-corrected chi connectivity index (χ1v) is 10.7. The van der Waals surface area contributed by atoms with Gasteiger partial charge < -0.3 is 5.32 Å². The number of aromatic nitrogens is 1. The SMILES string of the molecule is C[Si](C)(C)c1ccc(CNCCc2ccncc2)cc1. The first-order chi connectivity index (χ1) is 9.55. The molecule has 2 nitrogen and oxygen atoms in total. The maximum atomic E-state index is 4.03. The lowest BCUT2D eigenvalue weighted by atomic mass is 10.2. The summed E-state index contributed by atoms with van der Waals surface area (Å²) < 4.78 is 0. The van der Waals surface area contributed by atoms with Gasteiger partial charge in [-0.1, -0.05) is 49.1 Å². The Bertz CT molecular complexity index is 515. The molecule has 0 unspecified atom stereocenters. The summed E-state index contributed by atoms with van der Waals surface area (Å²) in [7, 11) is -1.16. The Balaban J connectivity index is 1.77. The van der Waals surface area contributed by atoms with Crippen LogP contribution in [0.25, 0.3) is 0 Å². The van der Waals surface area contributed by atoms with Gasteiger partial charge in [0.05, 0.1) is 8.07 Å². The highest BCUT2D eigenvalue weighted by Gasteiger charge is 2.15. The molecule has 0 aliphatic heterocycles. The van der Waals surface area contributed by atoms with Crippen LogP contribution in [0.15, 0.2) is 48.8 Å². The summed E-state index contributed by atoms with van der Waals surface area (Å²) in [6.45, 7) is 9.09. The summed E-state index contributed by atoms with van der Waals surface area (Å²) in [5.74, 6) is 0. The number of hydrogen-bond donors (Lipinski definition) is 1. The Morgan fingerprint density at radius 1 is 0.900 bits per heavy atom. The molecule has 0 spiro atoms. The molecule has 0 bridgehead atoms. The highest BCUT2D eigenvalue weighted by molar-refractivity contribution is 6.88. The molecule has 1 heterocycles. The van der Waals surface area contributed by atoms with Crippen LogP contribution in [-0.2, 0) is 13.0 Å². The predicted molar refractivity (Wildman–Crippen MR) is 89.1 cm³/mol. The summed E-state index contributed by atoms with van der Waals surface area (Å²) in [5.41, 5.74) is 2.70. The molecule has 20 heavy (non-hydrogen) atoms. The van der Waals surface area contributed by atoms with E-state index in [0.29, 0.717) is 0 Å². The van der Waals surface area contributed by atoms with Crippen molar-refractivity contribution in [1.29, 1.82) is 0 Å². The van der Waals surface area contributed by atoms with Gasteiger partial charge in [0.2, 0.25) is 0 Å². The average molecular weight is 284 g/mol. The summed E-state index contributed by atoms with van der Waals surface area (Å²) in [6, 6.07) is 13.3. The fourth-order valence-electron chi connectivity index (χ4n) is 2.14. The molecule has 1 aromatic heterocycles. The van der Waals surface area contributed by atoms with Crippen molar-refractivity contribution in [1.82, 2.24) is 10.3 Å². The van der Waals surface area contributed by atoms with Crippen LogP contribution in [0.4, 0.5) is 0 Å². The van der Waals surface area contributed by atoms with Crippen LogP contribution in [0.5, 0.6) is 0 Å². The van der Waals surface area contributed by atoms with Gasteiger partial charge in [-0.2, -0.15) is 0 Å². The maximum absolute atomic E-state index is 4.03. The van der Waals surface area contributed by atoms with Crippen molar-refractivity contribution in [3.8, 4) is 0 Å². The molecule has 106 valence electrons. The first-order valence-electron chi connectivity index (χ1n) is 7.25. The van der Waals surface area contributed by atoms with Crippen molar-refractivity contribution >= 4 is 13.3 Å². The van der Waals surface area contributed by atoms with E-state index in [0.717, 1.165) is 19.5 Å². The van der Waals surface area contributed by atoms with Gasteiger partial charge >= 0.3 is 0 Å². The standard InChI is InChI=1S/C17H24N2Si/c1-20(2,3)17-6-4-16(5-7-17)14-19-13-10-15-8-11-18-12-9-15/h4-9,11-12,19H,10,13-14H2,1-3H3. The van der Waals surface area contributed by atoms with Gasteiger partial charge in [-0.25, -0.2) is 0 Å². The van der Waals surface area contributed by atoms with Crippen LogP contribution in [0.3, 0.4) is 0 Å². The van der Waals surface area contributed by atoms with E-state index in [1.54, 1.807) is 0 Å². The van der Waals surface area contributed by atoms with E-state index in [1.807, 2.05) is 12.4 Å². The molecular formula is C17H24N2Si. The minimum Gasteiger partial charge on any atom is -0.312 e. The number of pyridine rings is 1. The summed E-state index contributed by atoms with van der Waals surface area (Å²) >= 11 is 0. The van der Waals surface area contributed by atoms with Crippen LogP contribution in [0.2, 0.25) is 19.6 Å². The van der Waals surface area contributed by atoms with Crippen LogP contribution < -0.4 is 10.5 Å². The summed E-state index contributed by atoms with van der Waals surface area (Å²) in [4.78, 5) is 4.03. The molecule has 0 amide bonds. The molecule has 0 fully saturated rings. The van der Waals surface area contributed by atoms with E-state index in [9.17, 15) is 0 Å². The first kappa shape index (κ1) is 14.9. The molecule has 2 aromatic rings. The zero-order valence-corrected chi connectivity index (χ0v) is 13.7. The van der Waals surface area contributed by atoms with Crippen molar-refractivity contribution in [3.05, 3.63) is 59.9 Å². The lowest BCUT2D eigenvalue weighted by molar-refractivity contribution is 0.687. The third-order valence-corrected chi connectivity index (χ3v) is 5.55. The van der Waals surface area contributed by atoms with Crippen LogP contribution >= 0.6 is 0 Å². The van der Waals surface area contributed by atoms with Gasteiger partial charge in [0.15, 0.2) is 0 Å². The number of hydrogen-bond acceptors (Lipinski definition) is 2. The highest BCUT2D eigenvalue weighted by atomic mass is 28.3. The minimum absolute atomic E-state index is 0.942. The van der Waals surface area contributed by atoms with Crippen LogP contribution in [0.1, 0.15) is 11.1 Å². The van der Waals surface area contributed by atoms with E-state index >= 15 is 0 Å². The Labute approximate surface area is 123 Å². The van der Waals surface area contributed by atoms with Gasteiger partial charge in [0.25, 0.3) is 0 Å². The van der Waals surface area contributed by atoms with E-state index in [-0.39, 0.29) is 0 Å². The van der Waals surface area contributed by atoms with Crippen molar-refractivity contribution in [2.45, 2.75) is 32.6 Å². The summed E-state index contributed by atoms with van der Waals surface area (Å²) in [6.07, 6.45) is 4.75. The molecular weight excluding hydrogens is 260 g/mol. The van der Waals surface area contributed by atoms with Crippen LogP contribution in [0, 0.1) is 0 Å². The highest BCUT2D eigenvalue weighted by Crippen LogP contribution is 2.04. The maximum Gasteiger partial charge on any atom is 0.0775 e. The normalized spacial score (nSPS) is 11.6. The minimum atomic E-state index is -1.16. The van der Waals surface area contributed by atoms with Gasteiger partial charge in [0.1, 0.15) is 0 Å². The van der Waals surface area contributed by atoms with Gasteiger partial charge in [-0.05, 0) is 36.2 Å². The zero-order valence-electron chi connectivity index (χ0n) is 12.7. The Kier molecular flexibility index (Phi) is 5.09. The van der Waals surface area contributed by atoms with E-state index in [1.165, 1.54) is 16.3 Å². The topological polar surface area (TPSA) is 24.9 Å². The fourth-order valence-corrected chi connectivity index (χ4v) is 3.30. The van der Waals surface area contributed by atoms with Gasteiger partial charge in [-0.3, -0.25) is 4.98 Å². The Hall–Kier alpha value is -1.45. The number of benzene rings is 1. The molecule has 0 radical (unpaired) electrons. The molecule has 0 atom stereocenters. The zero-order chi connectivity index (χ0) is 14.4. The monoisotopic (exact) mass is 284 g/mol. The number of rotatable bonds is 6. The third kappa shape index (κ3) is 4.58. The van der Waals surface area contributed by atoms with Gasteiger partial charge in [0, 0.05) is 18.9 Å². The second-order valence-electron chi connectivity index (χ2n) is 6.23. The van der Waals surface area contributed by atoms with Crippen LogP contribution in [-0.4, -0.2) is 19.6 Å². The fraction of sp³-hybridized carbons (Fsp3) is 0.353. The Morgan fingerprint density at radius 2 is 1.55 bits per heavy atom. The molecule has 0 aliphatic rings. The largest absolute Gasteiger partial charge is 0.312 e. The van der Waals surface area contributed by atoms with E-state index < -0.39 is 8.07 Å². The average Bonchev–Trinajstić information content (AvgIpc) is 2.44. The molecule has 0 saturated carbocycles. The lowest BCUT2D eigenvalue weighted by Crippen LogP contribution is -2.37. The predicted octanol–water partition coefficient (Wildman–Crippen LogP) is 2.96. The van der Waals surface area contributed by atoms with Gasteiger partial charge in [-0.15, -0.1) is 0 Å². The molecule has 3 heteroatoms. The molecule has 0 aliphatic carbocycles. The second kappa shape index (κ2) is 6.82.